The predicted octanol–water partition coefficient (Wildman–Crippen LogP) is 6.53. The Morgan fingerprint density at radius 2 is 1.76 bits per heavy atom. The fourth-order valence-corrected chi connectivity index (χ4v) is 6.69. The van der Waals surface area contributed by atoms with Crippen molar-refractivity contribution in [2.24, 2.45) is 5.92 Å². The maximum absolute atomic E-state index is 13.6. The summed E-state index contributed by atoms with van der Waals surface area (Å²) < 4.78 is 40.7. The quantitative estimate of drug-likeness (QED) is 0.267. The molecule has 5 rings (SSSR count). The molecule has 1 aliphatic heterocycles. The van der Waals surface area contributed by atoms with E-state index in [2.05, 4.69) is 10.3 Å². The summed E-state index contributed by atoms with van der Waals surface area (Å²) in [5.41, 5.74) is -0.607. The highest BCUT2D eigenvalue weighted by molar-refractivity contribution is 6.33. The summed E-state index contributed by atoms with van der Waals surface area (Å²) in [5.74, 6) is -0.280. The molecule has 2 aliphatic rings. The molecular weight excluding hydrogens is 621 g/mol. The van der Waals surface area contributed by atoms with Gasteiger partial charge < -0.3 is 20.3 Å². The fraction of sp³-hybridized carbons (Fsp3) is 0.412. The molecule has 2 fully saturated rings. The number of pyridine rings is 1. The van der Waals surface area contributed by atoms with Gasteiger partial charge in [0.25, 0.3) is 5.56 Å². The number of aromatic hydroxyl groups is 1. The molecule has 0 bridgehead atoms. The number of carbonyl (C=O) groups is 2. The number of nitriles is 1. The molecule has 0 unspecified atom stereocenters. The van der Waals surface area contributed by atoms with E-state index in [1.54, 1.807) is 17.0 Å². The largest absolute Gasteiger partial charge is 0.507 e. The number of aromatic amines is 1. The van der Waals surface area contributed by atoms with Crippen LogP contribution < -0.4 is 10.9 Å². The lowest BCUT2D eigenvalue weighted by molar-refractivity contribution is -0.137. The zero-order chi connectivity index (χ0) is 33.2. The molecule has 0 atom stereocenters. The Hall–Kier alpha value is -4.30. The summed E-state index contributed by atoms with van der Waals surface area (Å²) in [6.45, 7) is 2.80. The highest BCUT2D eigenvalue weighted by Crippen LogP contribution is 2.42. The second-order valence-electron chi connectivity index (χ2n) is 12.0. The van der Waals surface area contributed by atoms with Gasteiger partial charge in [-0.25, -0.2) is 0 Å². The van der Waals surface area contributed by atoms with E-state index in [4.69, 9.17) is 11.6 Å². The minimum absolute atomic E-state index is 0.0130. The number of hydrogen-bond donors (Lipinski definition) is 3. The lowest BCUT2D eigenvalue weighted by atomic mass is 9.90. The number of amides is 2. The molecule has 2 heterocycles. The Bertz CT molecular complexity index is 1750. The molecule has 242 valence electrons. The number of aromatic nitrogens is 1. The zero-order valence-electron chi connectivity index (χ0n) is 25.3. The minimum Gasteiger partial charge on any atom is -0.507 e. The number of hydrogen-bond acceptors (Lipinski definition) is 5. The van der Waals surface area contributed by atoms with Crippen LogP contribution in [0.2, 0.25) is 5.02 Å². The first kappa shape index (κ1) is 33.1. The maximum atomic E-state index is 13.6. The SMILES string of the molecule is CC(=O)N1CCC(C(=O)NCCc2cc(C3CCCC3)cc(-c3cc(-c4cc(C(F)(F)F)ccc4Cl)c(C#N)c(=O)[nH]3)c2O)CC1. The Labute approximate surface area is 269 Å². The first-order chi connectivity index (χ1) is 21.9. The van der Waals surface area contributed by atoms with E-state index < -0.39 is 22.9 Å². The van der Waals surface area contributed by atoms with Gasteiger partial charge in [0.05, 0.1) is 11.3 Å². The molecule has 1 saturated heterocycles. The van der Waals surface area contributed by atoms with Crippen LogP contribution in [0.5, 0.6) is 5.75 Å². The van der Waals surface area contributed by atoms with Crippen molar-refractivity contribution in [3.8, 4) is 34.2 Å². The summed E-state index contributed by atoms with van der Waals surface area (Å²) >= 11 is 6.30. The molecule has 0 spiro atoms. The van der Waals surface area contributed by atoms with Crippen LogP contribution in [-0.2, 0) is 22.2 Å². The van der Waals surface area contributed by atoms with Crippen molar-refractivity contribution in [1.82, 2.24) is 15.2 Å². The average Bonchev–Trinajstić information content (AvgIpc) is 3.56. The number of halogens is 4. The normalized spacial score (nSPS) is 16.0. The molecule has 0 radical (unpaired) electrons. The maximum Gasteiger partial charge on any atom is 0.416 e. The topological polar surface area (TPSA) is 126 Å². The van der Waals surface area contributed by atoms with Crippen LogP contribution in [0.1, 0.15) is 73.6 Å². The molecule has 46 heavy (non-hydrogen) atoms. The monoisotopic (exact) mass is 654 g/mol. The third-order valence-electron chi connectivity index (χ3n) is 9.06. The van der Waals surface area contributed by atoms with E-state index in [9.17, 15) is 37.9 Å². The summed E-state index contributed by atoms with van der Waals surface area (Å²) in [7, 11) is 0. The number of phenols is 1. The van der Waals surface area contributed by atoms with Crippen LogP contribution in [-0.4, -0.2) is 46.4 Å². The molecular formula is C34H34ClF3N4O4. The van der Waals surface area contributed by atoms with Gasteiger partial charge in [0, 0.05) is 54.2 Å². The van der Waals surface area contributed by atoms with E-state index in [1.807, 2.05) is 6.07 Å². The highest BCUT2D eigenvalue weighted by atomic mass is 35.5. The van der Waals surface area contributed by atoms with Crippen LogP contribution >= 0.6 is 11.6 Å². The molecule has 12 heteroatoms. The van der Waals surface area contributed by atoms with Crippen LogP contribution in [0, 0.1) is 17.2 Å². The number of nitrogens with one attached hydrogen (secondary N) is 2. The van der Waals surface area contributed by atoms with E-state index in [0.717, 1.165) is 49.4 Å². The summed E-state index contributed by atoms with van der Waals surface area (Å²) in [5, 5.41) is 24.1. The molecule has 1 saturated carbocycles. The number of benzene rings is 2. The number of carbonyl (C=O) groups excluding carboxylic acids is 2. The lowest BCUT2D eigenvalue weighted by Gasteiger charge is -2.30. The van der Waals surface area contributed by atoms with Gasteiger partial charge in [-0.3, -0.25) is 14.4 Å². The van der Waals surface area contributed by atoms with Gasteiger partial charge >= 0.3 is 6.18 Å². The third-order valence-corrected chi connectivity index (χ3v) is 9.39. The highest BCUT2D eigenvalue weighted by Gasteiger charge is 2.32. The van der Waals surface area contributed by atoms with E-state index in [-0.39, 0.29) is 69.8 Å². The molecule has 3 aromatic rings. The van der Waals surface area contributed by atoms with Crippen molar-refractivity contribution in [3.63, 3.8) is 0 Å². The Kier molecular flexibility index (Phi) is 9.77. The summed E-state index contributed by atoms with van der Waals surface area (Å²) in [6, 6.07) is 9.51. The van der Waals surface area contributed by atoms with Gasteiger partial charge in [0.1, 0.15) is 17.4 Å². The molecule has 3 N–H and O–H groups in total. The van der Waals surface area contributed by atoms with Gasteiger partial charge in [0.2, 0.25) is 11.8 Å². The van der Waals surface area contributed by atoms with Gasteiger partial charge in [-0.05, 0) is 79.5 Å². The summed E-state index contributed by atoms with van der Waals surface area (Å²) in [6.07, 6.45) is 0.707. The van der Waals surface area contributed by atoms with Crippen molar-refractivity contribution in [2.45, 2.75) is 64.0 Å². The number of piperidine rings is 1. The number of likely N-dealkylation sites (tertiary alicyclic amines) is 1. The molecule has 2 amide bonds. The molecule has 2 aromatic carbocycles. The summed E-state index contributed by atoms with van der Waals surface area (Å²) in [4.78, 5) is 42.0. The third kappa shape index (κ3) is 7.07. The lowest BCUT2D eigenvalue weighted by Crippen LogP contribution is -2.42. The van der Waals surface area contributed by atoms with Gasteiger partial charge in [0.15, 0.2) is 0 Å². The second kappa shape index (κ2) is 13.6. The van der Waals surface area contributed by atoms with Crippen molar-refractivity contribution in [3.05, 3.63) is 74.0 Å². The number of phenolic OH excluding ortho intramolecular Hbond substituents is 1. The fourth-order valence-electron chi connectivity index (χ4n) is 6.47. The van der Waals surface area contributed by atoms with Gasteiger partial charge in [-0.1, -0.05) is 30.5 Å². The number of rotatable bonds is 7. The predicted molar refractivity (Wildman–Crippen MR) is 167 cm³/mol. The Morgan fingerprint density at radius 1 is 1.07 bits per heavy atom. The van der Waals surface area contributed by atoms with Crippen LogP contribution in [0.25, 0.3) is 22.4 Å². The zero-order valence-corrected chi connectivity index (χ0v) is 26.0. The van der Waals surface area contributed by atoms with Crippen LogP contribution in [0.4, 0.5) is 13.2 Å². The average molecular weight is 655 g/mol. The Balaban J connectivity index is 1.49. The van der Waals surface area contributed by atoms with Crippen LogP contribution in [0.15, 0.2) is 41.2 Å². The first-order valence-corrected chi connectivity index (χ1v) is 15.7. The van der Waals surface area contributed by atoms with Crippen molar-refractivity contribution in [2.75, 3.05) is 19.6 Å². The number of H-pyrrole nitrogens is 1. The van der Waals surface area contributed by atoms with Gasteiger partial charge in [-0.15, -0.1) is 0 Å². The van der Waals surface area contributed by atoms with Gasteiger partial charge in [-0.2, -0.15) is 18.4 Å². The minimum atomic E-state index is -4.68. The smallest absolute Gasteiger partial charge is 0.416 e. The number of alkyl halides is 3. The standard InChI is InChI=1S/C34H34ClF3N4O4/c1-19(43)42-12-9-21(10-13-42)32(45)40-11-8-22-14-23(20-4-2-3-5-20)15-27(31(22)44)30-17-25(28(18-39)33(46)41-30)26-16-24(34(36,37)38)6-7-29(26)35/h6-7,14-17,20-21,44H,2-5,8-13H2,1H3,(H,40,45)(H,41,46). The second-order valence-corrected chi connectivity index (χ2v) is 12.4. The van der Waals surface area contributed by atoms with E-state index >= 15 is 0 Å². The van der Waals surface area contributed by atoms with Crippen molar-refractivity contribution in [1.29, 1.82) is 5.26 Å². The van der Waals surface area contributed by atoms with Crippen molar-refractivity contribution >= 4 is 23.4 Å². The molecule has 8 nitrogen and oxygen atoms in total. The first-order valence-electron chi connectivity index (χ1n) is 15.3. The van der Waals surface area contributed by atoms with E-state index in [0.29, 0.717) is 31.5 Å². The number of nitrogens with zero attached hydrogens (tertiary/aromatic N) is 2. The van der Waals surface area contributed by atoms with Crippen LogP contribution in [0.3, 0.4) is 0 Å². The Morgan fingerprint density at radius 3 is 2.39 bits per heavy atom. The van der Waals surface area contributed by atoms with E-state index in [1.165, 1.54) is 13.0 Å². The molecule has 1 aromatic heterocycles. The van der Waals surface area contributed by atoms with Crippen molar-refractivity contribution < 1.29 is 27.9 Å². The molecule has 1 aliphatic carbocycles.